The number of benzene rings is 2. The molecular weight excluding hydrogens is 254 g/mol. The van der Waals surface area contributed by atoms with Crippen molar-refractivity contribution in [2.45, 2.75) is 23.5 Å². The van der Waals surface area contributed by atoms with Crippen LogP contribution in [0.1, 0.15) is 11.1 Å². The lowest BCUT2D eigenvalue weighted by Gasteiger charge is -2.12. The fraction of sp³-hybridized carbons (Fsp3) is 0.250. The van der Waals surface area contributed by atoms with Gasteiger partial charge in [0.05, 0.1) is 0 Å². The molecule has 2 N–H and O–H groups in total. The Balaban J connectivity index is 1.61. The molecule has 2 aromatic carbocycles. The SMILES string of the molecule is Cc1cc(OCC2Cc3ccccc3S2)ccc1N. The van der Waals surface area contributed by atoms with Crippen molar-refractivity contribution in [3.8, 4) is 5.75 Å². The molecule has 0 radical (unpaired) electrons. The molecular formula is C16H17NOS. The fourth-order valence-corrected chi connectivity index (χ4v) is 3.49. The van der Waals surface area contributed by atoms with Crippen LogP contribution < -0.4 is 10.5 Å². The number of rotatable bonds is 3. The van der Waals surface area contributed by atoms with E-state index in [0.717, 1.165) is 30.0 Å². The van der Waals surface area contributed by atoms with Crippen molar-refractivity contribution < 1.29 is 4.74 Å². The van der Waals surface area contributed by atoms with Crippen LogP contribution in [0.5, 0.6) is 5.75 Å². The smallest absolute Gasteiger partial charge is 0.119 e. The van der Waals surface area contributed by atoms with Crippen LogP contribution in [0.4, 0.5) is 5.69 Å². The molecule has 3 rings (SSSR count). The number of fused-ring (bicyclic) bond motifs is 1. The molecule has 0 aromatic heterocycles. The van der Waals surface area contributed by atoms with Gasteiger partial charge in [0.1, 0.15) is 12.4 Å². The van der Waals surface area contributed by atoms with E-state index in [0.29, 0.717) is 5.25 Å². The summed E-state index contributed by atoms with van der Waals surface area (Å²) >= 11 is 1.91. The van der Waals surface area contributed by atoms with Crippen LogP contribution in [0.3, 0.4) is 0 Å². The van der Waals surface area contributed by atoms with Crippen molar-refractivity contribution >= 4 is 17.4 Å². The summed E-state index contributed by atoms with van der Waals surface area (Å²) in [6.07, 6.45) is 1.09. The number of hydrogen-bond donors (Lipinski definition) is 1. The zero-order chi connectivity index (χ0) is 13.2. The van der Waals surface area contributed by atoms with E-state index in [4.69, 9.17) is 10.5 Å². The summed E-state index contributed by atoms with van der Waals surface area (Å²) in [6, 6.07) is 14.4. The molecule has 2 nitrogen and oxygen atoms in total. The minimum atomic E-state index is 0.509. The zero-order valence-electron chi connectivity index (χ0n) is 10.9. The molecule has 19 heavy (non-hydrogen) atoms. The maximum absolute atomic E-state index is 5.88. The number of nitrogen functional groups attached to an aromatic ring is 1. The van der Waals surface area contributed by atoms with Crippen LogP contribution >= 0.6 is 11.8 Å². The first-order valence-corrected chi connectivity index (χ1v) is 7.34. The van der Waals surface area contributed by atoms with Crippen LogP contribution in [-0.4, -0.2) is 11.9 Å². The first-order chi connectivity index (χ1) is 9.22. The van der Waals surface area contributed by atoms with Crippen molar-refractivity contribution in [3.05, 3.63) is 53.6 Å². The summed E-state index contributed by atoms with van der Waals surface area (Å²) in [6.45, 7) is 2.74. The highest BCUT2D eigenvalue weighted by molar-refractivity contribution is 8.00. The van der Waals surface area contributed by atoms with E-state index in [1.165, 1.54) is 10.5 Å². The molecule has 1 aliphatic rings. The van der Waals surface area contributed by atoms with E-state index in [1.807, 2.05) is 36.9 Å². The largest absolute Gasteiger partial charge is 0.492 e. The van der Waals surface area contributed by atoms with Crippen molar-refractivity contribution in [2.24, 2.45) is 0 Å². The average Bonchev–Trinajstić information content (AvgIpc) is 2.83. The van der Waals surface area contributed by atoms with Gasteiger partial charge in [-0.25, -0.2) is 0 Å². The number of thioether (sulfide) groups is 1. The van der Waals surface area contributed by atoms with Crippen molar-refractivity contribution in [3.63, 3.8) is 0 Å². The molecule has 1 heterocycles. The predicted molar refractivity (Wildman–Crippen MR) is 80.9 cm³/mol. The Labute approximate surface area is 118 Å². The average molecular weight is 271 g/mol. The maximum atomic E-state index is 5.88. The highest BCUT2D eigenvalue weighted by atomic mass is 32.2. The molecule has 3 heteroatoms. The van der Waals surface area contributed by atoms with Crippen LogP contribution in [-0.2, 0) is 6.42 Å². The summed E-state index contributed by atoms with van der Waals surface area (Å²) in [5.74, 6) is 0.906. The van der Waals surface area contributed by atoms with E-state index in [1.54, 1.807) is 0 Å². The Kier molecular flexibility index (Phi) is 3.38. The van der Waals surface area contributed by atoms with Crippen LogP contribution in [0, 0.1) is 6.92 Å². The second-order valence-corrected chi connectivity index (χ2v) is 6.22. The van der Waals surface area contributed by atoms with E-state index < -0.39 is 0 Å². The summed E-state index contributed by atoms with van der Waals surface area (Å²) in [7, 11) is 0. The molecule has 1 atom stereocenters. The van der Waals surface area contributed by atoms with Crippen molar-refractivity contribution in [2.75, 3.05) is 12.3 Å². The molecule has 2 aromatic rings. The Morgan fingerprint density at radius 3 is 2.89 bits per heavy atom. The van der Waals surface area contributed by atoms with Gasteiger partial charge in [-0.2, -0.15) is 0 Å². The van der Waals surface area contributed by atoms with Crippen molar-refractivity contribution in [1.82, 2.24) is 0 Å². The fourth-order valence-electron chi connectivity index (χ4n) is 2.27. The molecule has 0 saturated carbocycles. The summed E-state index contributed by atoms with van der Waals surface area (Å²) in [4.78, 5) is 1.39. The topological polar surface area (TPSA) is 35.2 Å². The molecule has 1 aliphatic heterocycles. The molecule has 1 unspecified atom stereocenters. The second-order valence-electron chi connectivity index (χ2n) is 4.88. The summed E-state index contributed by atoms with van der Waals surface area (Å²) < 4.78 is 5.88. The third kappa shape index (κ3) is 2.71. The molecule has 0 bridgehead atoms. The van der Waals surface area contributed by atoms with Gasteiger partial charge in [-0.05, 0) is 48.7 Å². The van der Waals surface area contributed by atoms with Gasteiger partial charge >= 0.3 is 0 Å². The van der Waals surface area contributed by atoms with Gasteiger partial charge in [-0.1, -0.05) is 18.2 Å². The first-order valence-electron chi connectivity index (χ1n) is 6.46. The van der Waals surface area contributed by atoms with Crippen LogP contribution in [0.15, 0.2) is 47.4 Å². The third-order valence-electron chi connectivity index (χ3n) is 3.39. The Hall–Kier alpha value is -1.61. The molecule has 98 valence electrons. The van der Waals surface area contributed by atoms with E-state index in [2.05, 4.69) is 24.3 Å². The first kappa shape index (κ1) is 12.4. The lowest BCUT2D eigenvalue weighted by molar-refractivity contribution is 0.317. The summed E-state index contributed by atoms with van der Waals surface area (Å²) in [5, 5.41) is 0.509. The van der Waals surface area contributed by atoms with Gasteiger partial charge in [0.15, 0.2) is 0 Å². The Bertz CT molecular complexity index is 572. The third-order valence-corrected chi connectivity index (χ3v) is 4.68. The van der Waals surface area contributed by atoms with E-state index in [-0.39, 0.29) is 0 Å². The highest BCUT2D eigenvalue weighted by Gasteiger charge is 2.22. The van der Waals surface area contributed by atoms with E-state index in [9.17, 15) is 0 Å². The van der Waals surface area contributed by atoms with Crippen molar-refractivity contribution in [1.29, 1.82) is 0 Å². The maximum Gasteiger partial charge on any atom is 0.119 e. The van der Waals surface area contributed by atoms with Gasteiger partial charge in [0, 0.05) is 15.8 Å². The molecule has 0 saturated heterocycles. The van der Waals surface area contributed by atoms with Crippen LogP contribution in [0.2, 0.25) is 0 Å². The second kappa shape index (κ2) is 5.17. The molecule has 0 aliphatic carbocycles. The van der Waals surface area contributed by atoms with Gasteiger partial charge in [-0.3, -0.25) is 0 Å². The van der Waals surface area contributed by atoms with Gasteiger partial charge < -0.3 is 10.5 Å². The van der Waals surface area contributed by atoms with Gasteiger partial charge in [0.2, 0.25) is 0 Å². The monoisotopic (exact) mass is 271 g/mol. The summed E-state index contributed by atoms with van der Waals surface area (Å²) in [5.41, 5.74) is 9.13. The standard InChI is InChI=1S/C16H17NOS/c1-11-8-13(6-7-15(11)17)18-10-14-9-12-4-2-3-5-16(12)19-14/h2-8,14H,9-10,17H2,1H3. The lowest BCUT2D eigenvalue weighted by atomic mass is 10.1. The number of anilines is 1. The van der Waals surface area contributed by atoms with E-state index >= 15 is 0 Å². The number of nitrogens with two attached hydrogens (primary N) is 1. The minimum Gasteiger partial charge on any atom is -0.492 e. The predicted octanol–water partition coefficient (Wildman–Crippen LogP) is 3.67. The lowest BCUT2D eigenvalue weighted by Crippen LogP contribution is -2.13. The normalized spacial score (nSPS) is 17.2. The molecule has 0 spiro atoms. The van der Waals surface area contributed by atoms with Gasteiger partial charge in [-0.15, -0.1) is 11.8 Å². The Morgan fingerprint density at radius 1 is 1.26 bits per heavy atom. The Morgan fingerprint density at radius 2 is 2.11 bits per heavy atom. The van der Waals surface area contributed by atoms with Crippen LogP contribution in [0.25, 0.3) is 0 Å². The zero-order valence-corrected chi connectivity index (χ0v) is 11.7. The minimum absolute atomic E-state index is 0.509. The number of ether oxygens (including phenoxy) is 1. The number of hydrogen-bond acceptors (Lipinski definition) is 3. The van der Waals surface area contributed by atoms with Gasteiger partial charge in [0.25, 0.3) is 0 Å². The molecule has 0 fully saturated rings. The molecule has 0 amide bonds. The highest BCUT2D eigenvalue weighted by Crippen LogP contribution is 2.36. The quantitative estimate of drug-likeness (QED) is 0.865. The number of aryl methyl sites for hydroxylation is 1.